The van der Waals surface area contributed by atoms with Crippen molar-refractivity contribution < 1.29 is 14.7 Å². The van der Waals surface area contributed by atoms with Crippen LogP contribution in [-0.4, -0.2) is 23.4 Å². The van der Waals surface area contributed by atoms with Crippen molar-refractivity contribution >= 4 is 6.09 Å². The van der Waals surface area contributed by atoms with Crippen molar-refractivity contribution in [1.29, 1.82) is 0 Å². The number of alkyl carbamates (subject to hydrolysis) is 1. The van der Waals surface area contributed by atoms with Crippen LogP contribution in [0, 0.1) is 12.0 Å². The van der Waals surface area contributed by atoms with Crippen LogP contribution in [0.5, 0.6) is 0 Å². The topological polar surface area (TPSA) is 70.6 Å². The molecule has 0 aliphatic carbocycles. The molecule has 0 aromatic heterocycles. The molecule has 0 aliphatic rings. The predicted molar refractivity (Wildman–Crippen MR) is 51.6 cm³/mol. The number of ether oxygens (including phenoxy) is 1. The Morgan fingerprint density at radius 3 is 2.64 bits per heavy atom. The first kappa shape index (κ1) is 12.6. The van der Waals surface area contributed by atoms with E-state index in [2.05, 4.69) is 17.3 Å². The second-order valence-corrected chi connectivity index (χ2v) is 3.59. The summed E-state index contributed by atoms with van der Waals surface area (Å²) in [6.45, 7) is 5.77. The third-order valence-electron chi connectivity index (χ3n) is 1.06. The maximum absolute atomic E-state index is 11.0. The van der Waals surface area contributed by atoms with E-state index >= 15 is 0 Å². The lowest BCUT2D eigenvalue weighted by Crippen LogP contribution is -2.32. The first-order valence-electron chi connectivity index (χ1n) is 4.29. The van der Waals surface area contributed by atoms with Crippen molar-refractivity contribution in [3.8, 4) is 12.0 Å². The molecule has 0 rings (SSSR count). The van der Waals surface area contributed by atoms with Gasteiger partial charge in [0.15, 0.2) is 0 Å². The molecule has 0 aliphatic heterocycles. The average Bonchev–Trinajstić information content (AvgIpc) is 2.00. The van der Waals surface area contributed by atoms with Gasteiger partial charge in [0, 0.05) is 19.0 Å². The molecule has 14 heavy (non-hydrogen) atoms. The van der Waals surface area contributed by atoms with Crippen LogP contribution in [-0.2, 0) is 4.74 Å². The van der Waals surface area contributed by atoms with E-state index < -0.39 is 11.7 Å². The minimum Gasteiger partial charge on any atom is -0.444 e. The summed E-state index contributed by atoms with van der Waals surface area (Å²) in [5.74, 6) is 2.57. The Bertz CT molecular complexity index is 235. The van der Waals surface area contributed by atoms with Crippen molar-refractivity contribution in [1.82, 2.24) is 10.8 Å². The van der Waals surface area contributed by atoms with E-state index in [9.17, 15) is 4.79 Å². The summed E-state index contributed by atoms with van der Waals surface area (Å²) < 4.78 is 4.98. The smallest absolute Gasteiger partial charge is 0.407 e. The van der Waals surface area contributed by atoms with E-state index in [0.29, 0.717) is 13.0 Å². The molecule has 0 spiro atoms. The van der Waals surface area contributed by atoms with Crippen molar-refractivity contribution in [2.75, 3.05) is 6.54 Å². The minimum atomic E-state index is -0.484. The molecular weight excluding hydrogens is 184 g/mol. The average molecular weight is 200 g/mol. The Kier molecular flexibility index (Phi) is 5.49. The van der Waals surface area contributed by atoms with Crippen LogP contribution in [0.25, 0.3) is 0 Å². The number of carbonyl (C=O) groups excluding carboxylic acids is 1. The molecule has 5 heteroatoms. The number of hydrogen-bond donors (Lipinski definition) is 3. The summed E-state index contributed by atoms with van der Waals surface area (Å²) in [6, 6.07) is 2.23. The zero-order valence-corrected chi connectivity index (χ0v) is 8.68. The molecule has 0 aromatic rings. The van der Waals surface area contributed by atoms with Gasteiger partial charge in [-0.2, -0.15) is 0 Å². The summed E-state index contributed by atoms with van der Waals surface area (Å²) in [5.41, 5.74) is 1.21. The van der Waals surface area contributed by atoms with E-state index in [1.165, 1.54) is 0 Å². The maximum atomic E-state index is 11.0. The van der Waals surface area contributed by atoms with E-state index in [1.807, 2.05) is 0 Å². The van der Waals surface area contributed by atoms with Crippen molar-refractivity contribution in [2.24, 2.45) is 0 Å². The first-order valence-corrected chi connectivity index (χ1v) is 4.29. The molecule has 0 atom stereocenters. The number of nitrogens with one attached hydrogen (secondary N) is 2. The molecule has 0 aromatic carbocycles. The number of hydroxylamine groups is 1. The zero-order chi connectivity index (χ0) is 11.0. The molecule has 3 N–H and O–H groups in total. The summed E-state index contributed by atoms with van der Waals surface area (Å²) in [5, 5.41) is 10.6. The van der Waals surface area contributed by atoms with Crippen LogP contribution >= 0.6 is 0 Å². The van der Waals surface area contributed by atoms with Crippen molar-refractivity contribution in [3.63, 3.8) is 0 Å². The van der Waals surface area contributed by atoms with Gasteiger partial charge in [-0.15, -0.1) is 0 Å². The molecule has 0 unspecified atom stereocenters. The highest BCUT2D eigenvalue weighted by Crippen LogP contribution is 2.05. The molecule has 0 saturated carbocycles. The first-order chi connectivity index (χ1) is 6.45. The molecule has 0 heterocycles. The number of amides is 1. The highest BCUT2D eigenvalue weighted by Gasteiger charge is 2.14. The monoisotopic (exact) mass is 200 g/mol. The molecule has 1 amide bonds. The molecule has 0 bridgehead atoms. The van der Waals surface area contributed by atoms with Crippen LogP contribution in [0.15, 0.2) is 0 Å². The summed E-state index contributed by atoms with van der Waals surface area (Å²) in [4.78, 5) is 11.0. The number of carbonyl (C=O) groups is 1. The van der Waals surface area contributed by atoms with Crippen LogP contribution in [0.4, 0.5) is 4.79 Å². The van der Waals surface area contributed by atoms with Gasteiger partial charge in [-0.3, -0.25) is 5.21 Å². The second kappa shape index (κ2) is 6.11. The Labute approximate surface area is 83.8 Å². The predicted octanol–water partition coefficient (Wildman–Crippen LogP) is 0.841. The van der Waals surface area contributed by atoms with Gasteiger partial charge in [-0.25, -0.2) is 10.3 Å². The summed E-state index contributed by atoms with van der Waals surface area (Å²) in [7, 11) is 0. The molecule has 5 nitrogen and oxygen atoms in total. The maximum Gasteiger partial charge on any atom is 0.407 e. The van der Waals surface area contributed by atoms with Crippen molar-refractivity contribution in [2.45, 2.75) is 32.8 Å². The summed E-state index contributed by atoms with van der Waals surface area (Å²) in [6.07, 6.45) is -0.0106. The molecule has 80 valence electrons. The Morgan fingerprint density at radius 1 is 1.50 bits per heavy atom. The molecule has 0 fully saturated rings. The number of rotatable bonds is 2. The van der Waals surface area contributed by atoms with Gasteiger partial charge in [0.25, 0.3) is 0 Å². The van der Waals surface area contributed by atoms with Gasteiger partial charge in [0.05, 0.1) is 0 Å². The minimum absolute atomic E-state index is 0.392. The van der Waals surface area contributed by atoms with Crippen molar-refractivity contribution in [3.05, 3.63) is 0 Å². The largest absolute Gasteiger partial charge is 0.444 e. The van der Waals surface area contributed by atoms with Gasteiger partial charge in [-0.05, 0) is 20.8 Å². The standard InChI is InChI=1S/C9H16N2O3/c1-9(2,3)14-8(12)10-6-4-5-7-11-13/h11,13H,4,6H2,1-3H3,(H,10,12). The van der Waals surface area contributed by atoms with Crippen LogP contribution in [0.1, 0.15) is 27.2 Å². The molecule has 0 radical (unpaired) electrons. The van der Waals surface area contributed by atoms with E-state index in [1.54, 1.807) is 26.3 Å². The summed E-state index contributed by atoms with van der Waals surface area (Å²) >= 11 is 0. The third-order valence-corrected chi connectivity index (χ3v) is 1.06. The van der Waals surface area contributed by atoms with Crippen LogP contribution < -0.4 is 10.8 Å². The Morgan fingerprint density at radius 2 is 2.14 bits per heavy atom. The lowest BCUT2D eigenvalue weighted by atomic mass is 10.2. The molecule has 0 saturated heterocycles. The second-order valence-electron chi connectivity index (χ2n) is 3.59. The van der Waals surface area contributed by atoms with Gasteiger partial charge in [0.2, 0.25) is 0 Å². The fourth-order valence-electron chi connectivity index (χ4n) is 0.643. The Hall–Kier alpha value is -1.41. The normalized spacial score (nSPS) is 9.71. The van der Waals surface area contributed by atoms with Gasteiger partial charge >= 0.3 is 6.09 Å². The quantitative estimate of drug-likeness (QED) is 0.267. The van der Waals surface area contributed by atoms with Gasteiger partial charge in [-0.1, -0.05) is 5.92 Å². The van der Waals surface area contributed by atoms with Gasteiger partial charge < -0.3 is 10.1 Å². The zero-order valence-electron chi connectivity index (χ0n) is 8.68. The van der Waals surface area contributed by atoms with E-state index in [-0.39, 0.29) is 0 Å². The third kappa shape index (κ3) is 8.68. The fraction of sp³-hybridized carbons (Fsp3) is 0.667. The highest BCUT2D eigenvalue weighted by atomic mass is 16.6. The van der Waals surface area contributed by atoms with E-state index in [0.717, 1.165) is 0 Å². The Balaban J connectivity index is 3.55. The highest BCUT2D eigenvalue weighted by molar-refractivity contribution is 5.67. The fourth-order valence-corrected chi connectivity index (χ4v) is 0.643. The molecular formula is C9H16N2O3. The lowest BCUT2D eigenvalue weighted by Gasteiger charge is -2.19. The van der Waals surface area contributed by atoms with E-state index in [4.69, 9.17) is 9.94 Å². The van der Waals surface area contributed by atoms with Gasteiger partial charge in [0.1, 0.15) is 5.60 Å². The number of hydrogen-bond acceptors (Lipinski definition) is 4. The SMILES string of the molecule is CC(C)(C)OC(=O)NCCC#CNO. The lowest BCUT2D eigenvalue weighted by molar-refractivity contribution is 0.0529. The van der Waals surface area contributed by atoms with Crippen LogP contribution in [0.2, 0.25) is 0 Å². The van der Waals surface area contributed by atoms with Crippen LogP contribution in [0.3, 0.4) is 0 Å².